The molecule has 1 aliphatic heterocycles. The topological polar surface area (TPSA) is 87.1 Å². The highest BCUT2D eigenvalue weighted by atomic mass is 16.5. The van der Waals surface area contributed by atoms with Crippen molar-refractivity contribution in [2.45, 2.75) is 156 Å². The van der Waals surface area contributed by atoms with Crippen LogP contribution in [0.1, 0.15) is 144 Å². The third-order valence-electron chi connectivity index (χ3n) is 14.1. The Labute approximate surface area is 280 Å². The van der Waals surface area contributed by atoms with Gasteiger partial charge in [0.05, 0.1) is 12.7 Å². The highest BCUT2D eigenvalue weighted by molar-refractivity contribution is 5.76. The van der Waals surface area contributed by atoms with Gasteiger partial charge < -0.3 is 19.8 Å². The Balaban J connectivity index is 1.03. The van der Waals surface area contributed by atoms with Crippen LogP contribution in [-0.2, 0) is 14.3 Å². The Hall–Kier alpha value is -1.40. The second kappa shape index (κ2) is 15.4. The van der Waals surface area contributed by atoms with Crippen LogP contribution in [0.15, 0.2) is 11.6 Å². The van der Waals surface area contributed by atoms with E-state index in [4.69, 9.17) is 4.74 Å². The number of rotatable bonds is 14. The average Bonchev–Trinajstić information content (AvgIpc) is 3.58. The molecule has 0 aromatic heterocycles. The lowest BCUT2D eigenvalue weighted by Crippen LogP contribution is -2.51. The molecule has 6 heteroatoms. The number of hydrogen-bond donors (Lipinski definition) is 2. The summed E-state index contributed by atoms with van der Waals surface area (Å²) in [4.78, 5) is 26.9. The zero-order valence-corrected chi connectivity index (χ0v) is 30.0. The molecule has 1 heterocycles. The molecule has 0 radical (unpaired) electrons. The Morgan fingerprint density at radius 2 is 1.70 bits per heavy atom. The van der Waals surface area contributed by atoms with Crippen molar-refractivity contribution in [3.63, 3.8) is 0 Å². The van der Waals surface area contributed by atoms with Crippen LogP contribution in [0, 0.1) is 52.3 Å². The van der Waals surface area contributed by atoms with E-state index in [0.29, 0.717) is 31.3 Å². The zero-order valence-electron chi connectivity index (χ0n) is 30.0. The minimum atomic E-state index is -0.620. The molecule has 4 aliphatic carbocycles. The molecule has 4 fully saturated rings. The largest absolute Gasteiger partial charge is 0.462 e. The summed E-state index contributed by atoms with van der Waals surface area (Å²) in [7, 11) is 0. The summed E-state index contributed by atoms with van der Waals surface area (Å²) >= 11 is 0. The van der Waals surface area contributed by atoms with Crippen molar-refractivity contribution < 1.29 is 24.5 Å². The number of fused-ring (bicyclic) bond motifs is 5. The third-order valence-corrected chi connectivity index (χ3v) is 14.1. The minimum Gasteiger partial charge on any atom is -0.462 e. The Bertz CT molecular complexity index is 1070. The standard InChI is InChI=1S/C40H67NO5/c1-27(2)11-10-12-28(3)33-17-18-34-32-16-15-30-23-31(19-21-39(30,4)35(32)20-22-40(33,34)5)46-38(45)14-9-7-6-8-13-37(44)41-24-29(26-42)36(43)25-41/h15,27-29,31-36,42-43H,6-14,16-26H2,1-5H3/t28?,29?,31-,32?,33+,34?,35?,36?,39-,40+/m0/s1. The molecule has 0 spiro atoms. The molecule has 262 valence electrons. The van der Waals surface area contributed by atoms with Crippen LogP contribution < -0.4 is 0 Å². The van der Waals surface area contributed by atoms with Gasteiger partial charge in [-0.15, -0.1) is 0 Å². The number of aliphatic hydroxyl groups is 2. The summed E-state index contributed by atoms with van der Waals surface area (Å²) in [6.07, 6.45) is 20.4. The number of allylic oxidation sites excluding steroid dienone is 1. The van der Waals surface area contributed by atoms with Crippen molar-refractivity contribution in [2.24, 2.45) is 52.3 Å². The van der Waals surface area contributed by atoms with Crippen LogP contribution in [0.25, 0.3) is 0 Å². The first-order valence-electron chi connectivity index (χ1n) is 19.4. The predicted octanol–water partition coefficient (Wildman–Crippen LogP) is 8.09. The van der Waals surface area contributed by atoms with Gasteiger partial charge in [0.2, 0.25) is 5.91 Å². The van der Waals surface area contributed by atoms with Crippen LogP contribution >= 0.6 is 0 Å². The number of β-amino-alcohol motifs (C(OH)–C–C–N with tert-alkyl or cyclic N) is 1. The summed E-state index contributed by atoms with van der Waals surface area (Å²) in [5, 5.41) is 19.2. The molecule has 6 nitrogen and oxygen atoms in total. The van der Waals surface area contributed by atoms with Crippen molar-refractivity contribution in [3.05, 3.63) is 11.6 Å². The predicted molar refractivity (Wildman–Crippen MR) is 184 cm³/mol. The van der Waals surface area contributed by atoms with E-state index in [-0.39, 0.29) is 35.9 Å². The normalized spacial score (nSPS) is 37.8. The van der Waals surface area contributed by atoms with Crippen LogP contribution in [0.4, 0.5) is 0 Å². The average molecular weight is 642 g/mol. The van der Waals surface area contributed by atoms with Gasteiger partial charge >= 0.3 is 5.97 Å². The van der Waals surface area contributed by atoms with E-state index >= 15 is 0 Å². The molecular weight excluding hydrogens is 574 g/mol. The number of amides is 1. The van der Waals surface area contributed by atoms with Crippen LogP contribution in [-0.4, -0.2) is 58.9 Å². The fourth-order valence-corrected chi connectivity index (χ4v) is 11.3. The van der Waals surface area contributed by atoms with Gasteiger partial charge in [0.25, 0.3) is 0 Å². The monoisotopic (exact) mass is 642 g/mol. The summed E-state index contributed by atoms with van der Waals surface area (Å²) in [6.45, 7) is 13.2. The lowest BCUT2D eigenvalue weighted by atomic mass is 9.47. The van der Waals surface area contributed by atoms with E-state index in [1.54, 1.807) is 10.5 Å². The highest BCUT2D eigenvalue weighted by Gasteiger charge is 2.59. The molecule has 5 rings (SSSR count). The first-order chi connectivity index (χ1) is 22.0. The number of aliphatic hydroxyl groups excluding tert-OH is 2. The number of ether oxygens (including phenoxy) is 1. The van der Waals surface area contributed by atoms with Crippen molar-refractivity contribution in [1.29, 1.82) is 0 Å². The van der Waals surface area contributed by atoms with Gasteiger partial charge in [-0.25, -0.2) is 0 Å². The van der Waals surface area contributed by atoms with E-state index in [1.807, 2.05) is 0 Å². The molecule has 10 atom stereocenters. The van der Waals surface area contributed by atoms with E-state index < -0.39 is 6.10 Å². The number of hydrogen-bond acceptors (Lipinski definition) is 5. The van der Waals surface area contributed by atoms with Crippen molar-refractivity contribution in [1.82, 2.24) is 4.90 Å². The van der Waals surface area contributed by atoms with Crippen molar-refractivity contribution >= 4 is 11.9 Å². The van der Waals surface area contributed by atoms with Gasteiger partial charge in [0.15, 0.2) is 0 Å². The zero-order chi connectivity index (χ0) is 33.1. The summed E-state index contributed by atoms with van der Waals surface area (Å²) in [5.74, 6) is 4.82. The molecule has 46 heavy (non-hydrogen) atoms. The van der Waals surface area contributed by atoms with Gasteiger partial charge in [0.1, 0.15) is 6.10 Å². The Morgan fingerprint density at radius 1 is 0.935 bits per heavy atom. The van der Waals surface area contributed by atoms with E-state index in [2.05, 4.69) is 40.7 Å². The second-order valence-corrected chi connectivity index (χ2v) is 17.4. The van der Waals surface area contributed by atoms with Gasteiger partial charge in [-0.1, -0.05) is 78.4 Å². The minimum absolute atomic E-state index is 0.0240. The highest BCUT2D eigenvalue weighted by Crippen LogP contribution is 2.67. The van der Waals surface area contributed by atoms with E-state index in [1.165, 1.54) is 51.4 Å². The van der Waals surface area contributed by atoms with E-state index in [9.17, 15) is 19.8 Å². The number of likely N-dealkylation sites (tertiary alicyclic amines) is 1. The summed E-state index contributed by atoms with van der Waals surface area (Å²) in [6, 6.07) is 0. The molecule has 3 saturated carbocycles. The lowest BCUT2D eigenvalue weighted by Gasteiger charge is -2.58. The van der Waals surface area contributed by atoms with Crippen molar-refractivity contribution in [2.75, 3.05) is 19.7 Å². The number of carbonyl (C=O) groups is 2. The first kappa shape index (κ1) is 35.9. The van der Waals surface area contributed by atoms with Crippen molar-refractivity contribution in [3.8, 4) is 0 Å². The number of carbonyl (C=O) groups excluding carboxylic acids is 2. The van der Waals surface area contributed by atoms with Gasteiger partial charge in [-0.3, -0.25) is 9.59 Å². The second-order valence-electron chi connectivity index (χ2n) is 17.4. The maximum absolute atomic E-state index is 12.8. The molecule has 2 N–H and O–H groups in total. The lowest BCUT2D eigenvalue weighted by molar-refractivity contribution is -0.151. The molecule has 1 saturated heterocycles. The number of nitrogens with zero attached hydrogens (tertiary/aromatic N) is 1. The maximum Gasteiger partial charge on any atom is 0.306 e. The van der Waals surface area contributed by atoms with E-state index in [0.717, 1.165) is 80.5 Å². The summed E-state index contributed by atoms with van der Waals surface area (Å²) in [5.41, 5.74) is 2.38. The van der Waals surface area contributed by atoms with Crippen LogP contribution in [0.2, 0.25) is 0 Å². The van der Waals surface area contributed by atoms with Gasteiger partial charge in [-0.05, 0) is 104 Å². The quantitative estimate of drug-likeness (QED) is 0.114. The summed E-state index contributed by atoms with van der Waals surface area (Å²) < 4.78 is 6.05. The SMILES string of the molecule is CC(C)CCCC(C)[C@H]1CCC2C3CC=C4C[C@@H](OC(=O)CCCCCCC(=O)N5CC(O)C(CO)C5)CC[C@]4(C)C3CC[C@@]21C. The molecule has 5 aliphatic rings. The molecule has 0 aromatic carbocycles. The molecule has 0 bridgehead atoms. The van der Waals surface area contributed by atoms with Crippen LogP contribution in [0.5, 0.6) is 0 Å². The number of esters is 1. The smallest absolute Gasteiger partial charge is 0.306 e. The molecule has 6 unspecified atom stereocenters. The third kappa shape index (κ3) is 7.74. The van der Waals surface area contributed by atoms with Gasteiger partial charge in [0, 0.05) is 38.3 Å². The Kier molecular flexibility index (Phi) is 12.0. The van der Waals surface area contributed by atoms with Gasteiger partial charge in [-0.2, -0.15) is 0 Å². The Morgan fingerprint density at radius 3 is 2.41 bits per heavy atom. The fourth-order valence-electron chi connectivity index (χ4n) is 11.3. The molecular formula is C40H67NO5. The van der Waals surface area contributed by atoms with Crippen LogP contribution in [0.3, 0.4) is 0 Å². The molecule has 1 amide bonds. The molecule has 0 aromatic rings. The maximum atomic E-state index is 12.8. The number of unbranched alkanes of at least 4 members (excludes halogenated alkanes) is 3. The first-order valence-corrected chi connectivity index (χ1v) is 19.4. The fraction of sp³-hybridized carbons (Fsp3) is 0.900.